The zero-order valence-electron chi connectivity index (χ0n) is 14.3. The van der Waals surface area contributed by atoms with Crippen LogP contribution in [0.15, 0.2) is 58.2 Å². The number of hydrogen-bond donors (Lipinski definition) is 0. The number of oxazole rings is 1. The standard InChI is InChI=1S/C19H17ClN2O4/c1-23-16-5-3-4-14(19(16)24-2)10-22-25-12-18-21-11-17(26-18)13-6-8-15(20)9-7-13/h3-11H,12H2,1-2H3/b22-10-. The number of para-hydroxylation sites is 1. The lowest BCUT2D eigenvalue weighted by Gasteiger charge is -2.09. The van der Waals surface area contributed by atoms with Gasteiger partial charge in [-0.15, -0.1) is 0 Å². The molecule has 0 fully saturated rings. The van der Waals surface area contributed by atoms with Gasteiger partial charge in [-0.05, 0) is 36.4 Å². The molecule has 0 aliphatic rings. The molecule has 1 heterocycles. The molecule has 0 N–H and O–H groups in total. The van der Waals surface area contributed by atoms with E-state index in [0.29, 0.717) is 28.2 Å². The summed E-state index contributed by atoms with van der Waals surface area (Å²) in [6.07, 6.45) is 3.18. The van der Waals surface area contributed by atoms with Crippen LogP contribution in [0, 0.1) is 0 Å². The quantitative estimate of drug-likeness (QED) is 0.449. The van der Waals surface area contributed by atoms with E-state index in [2.05, 4.69) is 10.1 Å². The van der Waals surface area contributed by atoms with Crippen LogP contribution in [0.5, 0.6) is 11.5 Å². The van der Waals surface area contributed by atoms with Crippen LogP contribution in [0.25, 0.3) is 11.3 Å². The highest BCUT2D eigenvalue weighted by molar-refractivity contribution is 6.30. The molecule has 0 bridgehead atoms. The Labute approximate surface area is 156 Å². The highest BCUT2D eigenvalue weighted by atomic mass is 35.5. The van der Waals surface area contributed by atoms with Crippen LogP contribution in [0.3, 0.4) is 0 Å². The summed E-state index contributed by atoms with van der Waals surface area (Å²) in [4.78, 5) is 9.44. The van der Waals surface area contributed by atoms with Crippen LogP contribution in [-0.4, -0.2) is 25.4 Å². The molecule has 3 rings (SSSR count). The van der Waals surface area contributed by atoms with E-state index in [9.17, 15) is 0 Å². The Kier molecular flexibility index (Phi) is 5.76. The number of nitrogens with zero attached hydrogens (tertiary/aromatic N) is 2. The molecular formula is C19H17ClN2O4. The lowest BCUT2D eigenvalue weighted by Crippen LogP contribution is -1.95. The van der Waals surface area contributed by atoms with E-state index in [1.54, 1.807) is 38.8 Å². The summed E-state index contributed by atoms with van der Waals surface area (Å²) in [5, 5.41) is 4.60. The zero-order valence-corrected chi connectivity index (χ0v) is 15.1. The van der Waals surface area contributed by atoms with Crippen LogP contribution in [0.1, 0.15) is 11.5 Å². The van der Waals surface area contributed by atoms with Gasteiger partial charge in [-0.25, -0.2) is 4.98 Å². The number of aromatic nitrogens is 1. The third-order valence-corrected chi connectivity index (χ3v) is 3.82. The monoisotopic (exact) mass is 372 g/mol. The molecule has 7 heteroatoms. The van der Waals surface area contributed by atoms with Gasteiger partial charge < -0.3 is 18.7 Å². The lowest BCUT2D eigenvalue weighted by atomic mass is 10.2. The second-order valence-electron chi connectivity index (χ2n) is 5.22. The van der Waals surface area contributed by atoms with Crippen molar-refractivity contribution >= 4 is 17.8 Å². The molecule has 0 saturated heterocycles. The number of methoxy groups -OCH3 is 2. The first-order valence-corrected chi connectivity index (χ1v) is 8.16. The van der Waals surface area contributed by atoms with Crippen molar-refractivity contribution < 1.29 is 18.7 Å². The van der Waals surface area contributed by atoms with Crippen molar-refractivity contribution in [1.82, 2.24) is 4.98 Å². The molecule has 0 unspecified atom stereocenters. The summed E-state index contributed by atoms with van der Waals surface area (Å²) in [6.45, 7) is 0.108. The van der Waals surface area contributed by atoms with Crippen molar-refractivity contribution in [2.24, 2.45) is 5.16 Å². The summed E-state index contributed by atoms with van der Waals surface area (Å²) in [6, 6.07) is 12.8. The van der Waals surface area contributed by atoms with E-state index >= 15 is 0 Å². The van der Waals surface area contributed by atoms with Gasteiger partial charge in [0.25, 0.3) is 0 Å². The Bertz CT molecular complexity index is 891. The predicted molar refractivity (Wildman–Crippen MR) is 98.9 cm³/mol. The van der Waals surface area contributed by atoms with E-state index in [-0.39, 0.29) is 6.61 Å². The highest BCUT2D eigenvalue weighted by Gasteiger charge is 2.08. The van der Waals surface area contributed by atoms with E-state index < -0.39 is 0 Å². The van der Waals surface area contributed by atoms with Crippen LogP contribution in [0.2, 0.25) is 5.02 Å². The number of hydrogen-bond acceptors (Lipinski definition) is 6. The Morgan fingerprint density at radius 1 is 1.12 bits per heavy atom. The van der Waals surface area contributed by atoms with Gasteiger partial charge in [-0.3, -0.25) is 0 Å². The smallest absolute Gasteiger partial charge is 0.235 e. The van der Waals surface area contributed by atoms with Crippen molar-refractivity contribution in [2.45, 2.75) is 6.61 Å². The van der Waals surface area contributed by atoms with Gasteiger partial charge in [0.15, 0.2) is 23.9 Å². The molecule has 134 valence electrons. The minimum atomic E-state index is 0.108. The predicted octanol–water partition coefficient (Wildman–Crippen LogP) is 4.56. The Morgan fingerprint density at radius 3 is 2.65 bits per heavy atom. The fraction of sp³-hybridized carbons (Fsp3) is 0.158. The summed E-state index contributed by atoms with van der Waals surface area (Å²) in [5.74, 6) is 2.27. The maximum Gasteiger partial charge on any atom is 0.235 e. The minimum absolute atomic E-state index is 0.108. The summed E-state index contributed by atoms with van der Waals surface area (Å²) >= 11 is 5.88. The van der Waals surface area contributed by atoms with Crippen LogP contribution >= 0.6 is 11.6 Å². The molecule has 26 heavy (non-hydrogen) atoms. The fourth-order valence-electron chi connectivity index (χ4n) is 2.32. The number of ether oxygens (including phenoxy) is 2. The largest absolute Gasteiger partial charge is 0.493 e. The van der Waals surface area contributed by atoms with Gasteiger partial charge in [-0.1, -0.05) is 22.8 Å². The van der Waals surface area contributed by atoms with Gasteiger partial charge in [-0.2, -0.15) is 0 Å². The normalized spacial score (nSPS) is 10.9. The SMILES string of the molecule is COc1cccc(/C=N\OCc2ncc(-c3ccc(Cl)cc3)o2)c1OC. The first-order chi connectivity index (χ1) is 12.7. The number of benzene rings is 2. The van der Waals surface area contributed by atoms with Crippen molar-refractivity contribution in [2.75, 3.05) is 14.2 Å². The lowest BCUT2D eigenvalue weighted by molar-refractivity contribution is 0.113. The van der Waals surface area contributed by atoms with Crippen LogP contribution in [0.4, 0.5) is 0 Å². The van der Waals surface area contributed by atoms with Gasteiger partial charge in [0.05, 0.1) is 26.6 Å². The topological polar surface area (TPSA) is 66.1 Å². The summed E-state index contributed by atoms with van der Waals surface area (Å²) in [5.41, 5.74) is 1.62. The molecule has 0 atom stereocenters. The average molecular weight is 373 g/mol. The van der Waals surface area contributed by atoms with Crippen molar-refractivity contribution in [3.63, 3.8) is 0 Å². The molecule has 0 amide bonds. The minimum Gasteiger partial charge on any atom is -0.493 e. The van der Waals surface area contributed by atoms with E-state index in [1.807, 2.05) is 30.3 Å². The molecule has 0 aliphatic heterocycles. The molecule has 6 nitrogen and oxygen atoms in total. The third-order valence-electron chi connectivity index (χ3n) is 3.57. The Balaban J connectivity index is 1.62. The fourth-order valence-corrected chi connectivity index (χ4v) is 2.45. The number of halogens is 1. The van der Waals surface area contributed by atoms with Gasteiger partial charge in [0, 0.05) is 16.1 Å². The third kappa shape index (κ3) is 4.15. The molecule has 0 radical (unpaired) electrons. The number of rotatable bonds is 7. The van der Waals surface area contributed by atoms with Crippen molar-refractivity contribution in [3.8, 4) is 22.8 Å². The highest BCUT2D eigenvalue weighted by Crippen LogP contribution is 2.29. The second-order valence-corrected chi connectivity index (χ2v) is 5.65. The maximum atomic E-state index is 5.88. The maximum absolute atomic E-state index is 5.88. The molecule has 1 aromatic heterocycles. The Hall–Kier alpha value is -2.99. The zero-order chi connectivity index (χ0) is 18.4. The Morgan fingerprint density at radius 2 is 1.92 bits per heavy atom. The summed E-state index contributed by atoms with van der Waals surface area (Å²) in [7, 11) is 3.15. The second kappa shape index (κ2) is 8.40. The van der Waals surface area contributed by atoms with Crippen LogP contribution in [-0.2, 0) is 11.4 Å². The molecule has 3 aromatic rings. The van der Waals surface area contributed by atoms with Gasteiger partial charge in [0.1, 0.15) is 0 Å². The van der Waals surface area contributed by atoms with E-state index in [4.69, 9.17) is 30.3 Å². The first-order valence-electron chi connectivity index (χ1n) is 7.78. The van der Waals surface area contributed by atoms with E-state index in [1.165, 1.54) is 0 Å². The van der Waals surface area contributed by atoms with E-state index in [0.717, 1.165) is 11.1 Å². The molecular weight excluding hydrogens is 356 g/mol. The molecule has 2 aromatic carbocycles. The van der Waals surface area contributed by atoms with Gasteiger partial charge in [0.2, 0.25) is 5.89 Å². The average Bonchev–Trinajstić information content (AvgIpc) is 3.14. The van der Waals surface area contributed by atoms with Crippen molar-refractivity contribution in [1.29, 1.82) is 0 Å². The van der Waals surface area contributed by atoms with Crippen LogP contribution < -0.4 is 9.47 Å². The van der Waals surface area contributed by atoms with Gasteiger partial charge >= 0.3 is 0 Å². The first kappa shape index (κ1) is 17.8. The molecule has 0 saturated carbocycles. The molecule has 0 spiro atoms. The van der Waals surface area contributed by atoms with Crippen molar-refractivity contribution in [3.05, 3.63) is 65.1 Å². The summed E-state index contributed by atoms with van der Waals surface area (Å²) < 4.78 is 16.2. The number of oxime groups is 1. The molecule has 0 aliphatic carbocycles.